The zero-order chi connectivity index (χ0) is 17.3. The molecule has 3 N–H and O–H groups in total. The monoisotopic (exact) mass is 329 g/mol. The van der Waals surface area contributed by atoms with Gasteiger partial charge in [-0.05, 0) is 44.7 Å². The van der Waals surface area contributed by atoms with Crippen LogP contribution in [-0.4, -0.2) is 41.6 Å². The molecule has 2 amide bonds. The molecule has 1 heterocycles. The van der Waals surface area contributed by atoms with Gasteiger partial charge in [0.2, 0.25) is 5.91 Å². The number of hydrogen-bond donors (Lipinski definition) is 2. The van der Waals surface area contributed by atoms with E-state index < -0.39 is 0 Å². The first-order valence-electron chi connectivity index (χ1n) is 8.46. The lowest BCUT2D eigenvalue weighted by atomic mass is 10.00. The van der Waals surface area contributed by atoms with E-state index in [1.165, 1.54) is 6.92 Å². The number of rotatable bonds is 4. The minimum atomic E-state index is -0.307. The van der Waals surface area contributed by atoms with Crippen molar-refractivity contribution in [3.8, 4) is 0 Å². The van der Waals surface area contributed by atoms with Crippen LogP contribution < -0.4 is 11.1 Å². The summed E-state index contributed by atoms with van der Waals surface area (Å²) >= 11 is 0. The Labute approximate surface area is 141 Å². The normalized spacial score (nSPS) is 20.5. The number of carbonyl (C=O) groups excluding carboxylic acids is 3. The van der Waals surface area contributed by atoms with Crippen LogP contribution in [0.3, 0.4) is 0 Å². The number of benzene rings is 1. The average Bonchev–Trinajstić information content (AvgIpc) is 3.38. The van der Waals surface area contributed by atoms with Gasteiger partial charge in [-0.3, -0.25) is 14.4 Å². The molecule has 6 heteroatoms. The molecular weight excluding hydrogens is 306 g/mol. The summed E-state index contributed by atoms with van der Waals surface area (Å²) in [5, 5.41) is 2.96. The third kappa shape index (κ3) is 3.42. The minimum absolute atomic E-state index is 0.0878. The third-order valence-electron chi connectivity index (χ3n) is 4.69. The number of hydrogen-bond acceptors (Lipinski definition) is 4. The van der Waals surface area contributed by atoms with Crippen LogP contribution in [0.5, 0.6) is 0 Å². The number of carbonyl (C=O) groups is 3. The summed E-state index contributed by atoms with van der Waals surface area (Å²) in [4.78, 5) is 38.4. The first kappa shape index (κ1) is 16.5. The number of ketones is 1. The molecule has 128 valence electrons. The predicted molar refractivity (Wildman–Crippen MR) is 90.7 cm³/mol. The van der Waals surface area contributed by atoms with Crippen LogP contribution in [0.15, 0.2) is 18.2 Å². The number of nitrogens with zero attached hydrogens (tertiary/aromatic N) is 1. The molecule has 3 rings (SSSR count). The van der Waals surface area contributed by atoms with E-state index in [2.05, 4.69) is 5.32 Å². The molecule has 0 aromatic heterocycles. The number of anilines is 1. The van der Waals surface area contributed by atoms with Crippen LogP contribution in [0.1, 0.15) is 53.3 Å². The SMILES string of the molecule is CC(=O)c1c(N)cccc1C(=O)N[C@H]1CCCN(C(=O)C2CC2)C1. The van der Waals surface area contributed by atoms with Crippen molar-refractivity contribution in [1.82, 2.24) is 10.2 Å². The van der Waals surface area contributed by atoms with E-state index >= 15 is 0 Å². The zero-order valence-electron chi connectivity index (χ0n) is 13.9. The quantitative estimate of drug-likeness (QED) is 0.648. The molecule has 0 unspecified atom stereocenters. The van der Waals surface area contributed by atoms with Crippen molar-refractivity contribution in [2.24, 2.45) is 5.92 Å². The van der Waals surface area contributed by atoms with Crippen LogP contribution in [0, 0.1) is 5.92 Å². The van der Waals surface area contributed by atoms with E-state index in [9.17, 15) is 14.4 Å². The van der Waals surface area contributed by atoms with E-state index in [0.717, 1.165) is 32.2 Å². The van der Waals surface area contributed by atoms with Gasteiger partial charge >= 0.3 is 0 Å². The number of likely N-dealkylation sites (tertiary alicyclic amines) is 1. The van der Waals surface area contributed by atoms with E-state index in [1.54, 1.807) is 18.2 Å². The lowest BCUT2D eigenvalue weighted by molar-refractivity contribution is -0.133. The maximum Gasteiger partial charge on any atom is 0.252 e. The lowest BCUT2D eigenvalue weighted by Crippen LogP contribution is -2.50. The van der Waals surface area contributed by atoms with Gasteiger partial charge in [-0.15, -0.1) is 0 Å². The summed E-state index contributed by atoms with van der Waals surface area (Å²) in [5.41, 5.74) is 6.71. The smallest absolute Gasteiger partial charge is 0.252 e. The highest BCUT2D eigenvalue weighted by Gasteiger charge is 2.35. The highest BCUT2D eigenvalue weighted by Crippen LogP contribution is 2.32. The fraction of sp³-hybridized carbons (Fsp3) is 0.500. The van der Waals surface area contributed by atoms with Crippen molar-refractivity contribution < 1.29 is 14.4 Å². The fourth-order valence-electron chi connectivity index (χ4n) is 3.30. The van der Waals surface area contributed by atoms with E-state index in [-0.39, 0.29) is 35.1 Å². The van der Waals surface area contributed by atoms with E-state index in [4.69, 9.17) is 5.73 Å². The Balaban J connectivity index is 1.69. The number of nitrogen functional groups attached to an aromatic ring is 1. The zero-order valence-corrected chi connectivity index (χ0v) is 13.9. The van der Waals surface area contributed by atoms with E-state index in [1.807, 2.05) is 4.90 Å². The van der Waals surface area contributed by atoms with Gasteiger partial charge in [-0.2, -0.15) is 0 Å². The second-order valence-corrected chi connectivity index (χ2v) is 6.70. The van der Waals surface area contributed by atoms with Gasteiger partial charge in [-0.25, -0.2) is 0 Å². The van der Waals surface area contributed by atoms with Gasteiger partial charge in [0.1, 0.15) is 0 Å². The summed E-state index contributed by atoms with van der Waals surface area (Å²) in [6, 6.07) is 4.80. The van der Waals surface area contributed by atoms with Crippen molar-refractivity contribution in [3.63, 3.8) is 0 Å². The van der Waals surface area contributed by atoms with Gasteiger partial charge in [0, 0.05) is 30.7 Å². The predicted octanol–water partition coefficient (Wildman–Crippen LogP) is 1.60. The average molecular weight is 329 g/mol. The van der Waals surface area contributed by atoms with Crippen molar-refractivity contribution in [2.75, 3.05) is 18.8 Å². The first-order chi connectivity index (χ1) is 11.5. The first-order valence-corrected chi connectivity index (χ1v) is 8.46. The van der Waals surface area contributed by atoms with Gasteiger partial charge in [0.05, 0.1) is 11.1 Å². The van der Waals surface area contributed by atoms with Crippen molar-refractivity contribution in [3.05, 3.63) is 29.3 Å². The van der Waals surface area contributed by atoms with Crippen LogP contribution in [-0.2, 0) is 4.79 Å². The van der Waals surface area contributed by atoms with Gasteiger partial charge in [0.25, 0.3) is 5.91 Å². The largest absolute Gasteiger partial charge is 0.398 e. The number of nitrogens with one attached hydrogen (secondary N) is 1. The molecule has 24 heavy (non-hydrogen) atoms. The number of piperidine rings is 1. The Morgan fingerprint density at radius 2 is 1.96 bits per heavy atom. The molecule has 2 fully saturated rings. The third-order valence-corrected chi connectivity index (χ3v) is 4.69. The van der Waals surface area contributed by atoms with Crippen molar-refractivity contribution in [1.29, 1.82) is 0 Å². The highest BCUT2D eigenvalue weighted by molar-refractivity contribution is 6.10. The van der Waals surface area contributed by atoms with Crippen LogP contribution in [0.4, 0.5) is 5.69 Å². The summed E-state index contributed by atoms with van der Waals surface area (Å²) in [6.45, 7) is 2.70. The molecule has 1 aliphatic heterocycles. The Bertz CT molecular complexity index is 682. The molecule has 0 spiro atoms. The van der Waals surface area contributed by atoms with Crippen molar-refractivity contribution in [2.45, 2.75) is 38.6 Å². The molecular formula is C18H23N3O3. The molecule has 1 aromatic rings. The van der Waals surface area contributed by atoms with Gasteiger partial charge in [0.15, 0.2) is 5.78 Å². The van der Waals surface area contributed by atoms with Crippen molar-refractivity contribution >= 4 is 23.3 Å². The van der Waals surface area contributed by atoms with Crippen LogP contribution in [0.2, 0.25) is 0 Å². The standard InChI is InChI=1S/C18H23N3O3/c1-11(22)16-14(5-2-6-15(16)19)17(23)20-13-4-3-9-21(10-13)18(24)12-7-8-12/h2,5-6,12-13H,3-4,7-10,19H2,1H3,(H,20,23)/t13-/m0/s1. The van der Waals surface area contributed by atoms with E-state index in [0.29, 0.717) is 17.8 Å². The Kier molecular flexibility index (Phi) is 4.55. The van der Waals surface area contributed by atoms with Crippen LogP contribution >= 0.6 is 0 Å². The summed E-state index contributed by atoms with van der Waals surface area (Å²) in [7, 11) is 0. The highest BCUT2D eigenvalue weighted by atomic mass is 16.2. The number of amides is 2. The molecule has 0 bridgehead atoms. The minimum Gasteiger partial charge on any atom is -0.398 e. The molecule has 1 atom stereocenters. The molecule has 1 aromatic carbocycles. The maximum atomic E-state index is 12.6. The van der Waals surface area contributed by atoms with Crippen LogP contribution in [0.25, 0.3) is 0 Å². The summed E-state index contributed by atoms with van der Waals surface area (Å²) < 4.78 is 0. The van der Waals surface area contributed by atoms with Gasteiger partial charge in [-0.1, -0.05) is 6.07 Å². The molecule has 2 aliphatic rings. The Hall–Kier alpha value is -2.37. The lowest BCUT2D eigenvalue weighted by Gasteiger charge is -2.33. The topological polar surface area (TPSA) is 92.5 Å². The Morgan fingerprint density at radius 1 is 1.21 bits per heavy atom. The second kappa shape index (κ2) is 6.63. The second-order valence-electron chi connectivity index (χ2n) is 6.70. The number of Topliss-reactive ketones (excluding diaryl/α,β-unsaturated/α-hetero) is 1. The fourth-order valence-corrected chi connectivity index (χ4v) is 3.30. The molecule has 0 radical (unpaired) electrons. The maximum absolute atomic E-state index is 12.6. The molecule has 6 nitrogen and oxygen atoms in total. The summed E-state index contributed by atoms with van der Waals surface area (Å²) in [6.07, 6.45) is 3.67. The molecule has 1 saturated carbocycles. The molecule has 1 saturated heterocycles. The van der Waals surface area contributed by atoms with Gasteiger partial charge < -0.3 is 16.0 Å². The Morgan fingerprint density at radius 3 is 2.62 bits per heavy atom. The molecule has 1 aliphatic carbocycles. The summed E-state index contributed by atoms with van der Waals surface area (Å²) in [5.74, 6) is -0.134. The number of nitrogens with two attached hydrogens (primary N) is 1.